The molecule has 0 bridgehead atoms. The van der Waals surface area contributed by atoms with Crippen molar-refractivity contribution < 1.29 is 14.3 Å². The fraction of sp³-hybridized carbons (Fsp3) is 0.333. The third-order valence-electron chi connectivity index (χ3n) is 2.83. The van der Waals surface area contributed by atoms with Crippen molar-refractivity contribution >= 4 is 23.5 Å². The summed E-state index contributed by atoms with van der Waals surface area (Å²) in [5, 5.41) is 0.624. The van der Waals surface area contributed by atoms with Gasteiger partial charge < -0.3 is 9.64 Å². The van der Waals surface area contributed by atoms with E-state index in [0.29, 0.717) is 5.02 Å². The average Bonchev–Trinajstić information content (AvgIpc) is 3.04. The fourth-order valence-electron chi connectivity index (χ4n) is 1.99. The molecule has 17 heavy (non-hydrogen) atoms. The lowest BCUT2D eigenvalue weighted by atomic mass is 10.1. The number of carbonyl (C=O) groups excluding carboxylic acids is 2. The van der Waals surface area contributed by atoms with Gasteiger partial charge in [0.2, 0.25) is 5.91 Å². The van der Waals surface area contributed by atoms with Gasteiger partial charge in [-0.25, -0.2) is 4.79 Å². The molecule has 1 fully saturated rings. The predicted octanol–water partition coefficient (Wildman–Crippen LogP) is 1.78. The number of esters is 1. The minimum Gasteiger partial charge on any atom is -0.467 e. The van der Waals surface area contributed by atoms with Gasteiger partial charge in [0.15, 0.2) is 6.04 Å². The summed E-state index contributed by atoms with van der Waals surface area (Å²) in [5.41, 5.74) is 0.889. The van der Waals surface area contributed by atoms with Crippen molar-refractivity contribution in [3.63, 3.8) is 0 Å². The van der Waals surface area contributed by atoms with E-state index < -0.39 is 6.04 Å². The summed E-state index contributed by atoms with van der Waals surface area (Å²) in [6.07, 6.45) is 0. The molecule has 2 atom stereocenters. The maximum absolute atomic E-state index is 11.5. The third-order valence-corrected chi connectivity index (χ3v) is 3.08. The second-order valence-electron chi connectivity index (χ2n) is 3.89. The molecular formula is C12H12ClNO3. The normalized spacial score (nSPS) is 22.2. The predicted molar refractivity (Wildman–Crippen MR) is 62.5 cm³/mol. The Morgan fingerprint density at radius 3 is 2.35 bits per heavy atom. The monoisotopic (exact) mass is 253 g/mol. The first-order valence-electron chi connectivity index (χ1n) is 5.18. The smallest absolute Gasteiger partial charge is 0.331 e. The number of hydrogen-bond acceptors (Lipinski definition) is 3. The summed E-state index contributed by atoms with van der Waals surface area (Å²) < 4.78 is 4.67. The van der Waals surface area contributed by atoms with Crippen molar-refractivity contribution in [1.82, 2.24) is 4.90 Å². The van der Waals surface area contributed by atoms with Gasteiger partial charge in [-0.15, -0.1) is 0 Å². The van der Waals surface area contributed by atoms with Gasteiger partial charge in [0.25, 0.3) is 0 Å². The average molecular weight is 254 g/mol. The van der Waals surface area contributed by atoms with Crippen molar-refractivity contribution in [2.24, 2.45) is 0 Å². The molecule has 0 aliphatic carbocycles. The molecule has 1 amide bonds. The number of ether oxygens (including phenoxy) is 1. The number of nitrogens with zero attached hydrogens (tertiary/aromatic N) is 1. The Morgan fingerprint density at radius 2 is 1.88 bits per heavy atom. The van der Waals surface area contributed by atoms with Crippen LogP contribution < -0.4 is 0 Å². The molecule has 1 aromatic rings. The topological polar surface area (TPSA) is 46.4 Å². The highest BCUT2D eigenvalue weighted by molar-refractivity contribution is 6.30. The van der Waals surface area contributed by atoms with E-state index in [1.165, 1.54) is 18.9 Å². The Morgan fingerprint density at radius 1 is 1.29 bits per heavy atom. The zero-order chi connectivity index (χ0) is 12.6. The molecule has 0 saturated carbocycles. The van der Waals surface area contributed by atoms with Crippen LogP contribution in [0.15, 0.2) is 24.3 Å². The van der Waals surface area contributed by atoms with Crippen LogP contribution in [0.1, 0.15) is 18.5 Å². The number of hydrogen-bond donors (Lipinski definition) is 0. The molecule has 2 unspecified atom stereocenters. The molecule has 0 radical (unpaired) electrons. The number of rotatable bonds is 2. The van der Waals surface area contributed by atoms with Crippen LogP contribution in [0.5, 0.6) is 0 Å². The van der Waals surface area contributed by atoms with Crippen LogP contribution in [0.25, 0.3) is 0 Å². The molecule has 2 rings (SSSR count). The van der Waals surface area contributed by atoms with E-state index >= 15 is 0 Å². The zero-order valence-corrected chi connectivity index (χ0v) is 10.3. The molecule has 4 nitrogen and oxygen atoms in total. The van der Waals surface area contributed by atoms with Crippen LogP contribution in [-0.4, -0.2) is 29.9 Å². The molecule has 0 spiro atoms. The van der Waals surface area contributed by atoms with Gasteiger partial charge in [0.1, 0.15) is 0 Å². The lowest BCUT2D eigenvalue weighted by Crippen LogP contribution is -2.17. The summed E-state index contributed by atoms with van der Waals surface area (Å²) >= 11 is 5.79. The lowest BCUT2D eigenvalue weighted by molar-refractivity contribution is -0.142. The van der Waals surface area contributed by atoms with Gasteiger partial charge >= 0.3 is 5.97 Å². The maximum Gasteiger partial charge on any atom is 0.331 e. The Hall–Kier alpha value is -1.55. The minimum atomic E-state index is -0.501. The van der Waals surface area contributed by atoms with E-state index in [2.05, 4.69) is 4.74 Å². The van der Waals surface area contributed by atoms with Crippen molar-refractivity contribution in [3.8, 4) is 0 Å². The van der Waals surface area contributed by atoms with Gasteiger partial charge in [0.05, 0.1) is 13.2 Å². The van der Waals surface area contributed by atoms with E-state index in [9.17, 15) is 9.59 Å². The van der Waals surface area contributed by atoms with E-state index in [1.54, 1.807) is 12.1 Å². The highest BCUT2D eigenvalue weighted by atomic mass is 35.5. The first-order chi connectivity index (χ1) is 8.06. The summed E-state index contributed by atoms with van der Waals surface area (Å²) in [7, 11) is 1.32. The SMILES string of the molecule is COC(=O)C1C(c2ccc(Cl)cc2)N1C(C)=O. The summed E-state index contributed by atoms with van der Waals surface area (Å²) in [5.74, 6) is -0.527. The Balaban J connectivity index is 2.23. The Kier molecular flexibility index (Phi) is 3.07. The fourth-order valence-corrected chi connectivity index (χ4v) is 2.11. The second kappa shape index (κ2) is 4.37. The molecule has 1 aliphatic rings. The highest BCUT2D eigenvalue weighted by Crippen LogP contribution is 2.43. The summed E-state index contributed by atoms with van der Waals surface area (Å²) in [6.45, 7) is 1.44. The van der Waals surface area contributed by atoms with Crippen LogP contribution >= 0.6 is 11.6 Å². The van der Waals surface area contributed by atoms with Gasteiger partial charge in [-0.1, -0.05) is 23.7 Å². The molecule has 0 N–H and O–H groups in total. The van der Waals surface area contributed by atoms with E-state index in [4.69, 9.17) is 11.6 Å². The largest absolute Gasteiger partial charge is 0.467 e. The van der Waals surface area contributed by atoms with Crippen molar-refractivity contribution in [2.75, 3.05) is 7.11 Å². The van der Waals surface area contributed by atoms with Crippen molar-refractivity contribution in [2.45, 2.75) is 19.0 Å². The lowest BCUT2D eigenvalue weighted by Gasteiger charge is -1.99. The van der Waals surface area contributed by atoms with Crippen LogP contribution in [0.4, 0.5) is 0 Å². The van der Waals surface area contributed by atoms with Crippen molar-refractivity contribution in [3.05, 3.63) is 34.9 Å². The van der Waals surface area contributed by atoms with Gasteiger partial charge in [0, 0.05) is 11.9 Å². The zero-order valence-electron chi connectivity index (χ0n) is 9.51. The molecule has 90 valence electrons. The number of benzene rings is 1. The quantitative estimate of drug-likeness (QED) is 0.596. The molecule has 5 heteroatoms. The van der Waals surface area contributed by atoms with E-state index in [0.717, 1.165) is 5.56 Å². The Labute approximate surface area is 104 Å². The molecule has 0 aromatic heterocycles. The minimum absolute atomic E-state index is 0.139. The van der Waals surface area contributed by atoms with Gasteiger partial charge in [-0.05, 0) is 17.7 Å². The molecule has 1 heterocycles. The highest BCUT2D eigenvalue weighted by Gasteiger charge is 2.55. The Bertz CT molecular complexity index is 457. The van der Waals surface area contributed by atoms with Crippen LogP contribution in [0, 0.1) is 0 Å². The summed E-state index contributed by atoms with van der Waals surface area (Å²) in [6, 6.07) is 6.37. The first-order valence-corrected chi connectivity index (χ1v) is 5.56. The first kappa shape index (κ1) is 11.9. The maximum atomic E-state index is 11.5. The number of methoxy groups -OCH3 is 1. The number of halogens is 1. The molecule has 1 aromatic carbocycles. The molecule has 1 saturated heterocycles. The van der Waals surface area contributed by atoms with Crippen LogP contribution in [0.3, 0.4) is 0 Å². The molecular weight excluding hydrogens is 242 g/mol. The van der Waals surface area contributed by atoms with E-state index in [-0.39, 0.29) is 17.9 Å². The van der Waals surface area contributed by atoms with Crippen molar-refractivity contribution in [1.29, 1.82) is 0 Å². The number of amides is 1. The van der Waals surface area contributed by atoms with Crippen LogP contribution in [-0.2, 0) is 14.3 Å². The van der Waals surface area contributed by atoms with Gasteiger partial charge in [-0.3, -0.25) is 4.79 Å². The molecule has 1 aliphatic heterocycles. The van der Waals surface area contributed by atoms with E-state index in [1.807, 2.05) is 12.1 Å². The van der Waals surface area contributed by atoms with Gasteiger partial charge in [-0.2, -0.15) is 0 Å². The standard InChI is InChI=1S/C12H12ClNO3/c1-7(15)14-10(11(14)12(16)17-2)8-3-5-9(13)6-4-8/h3-6,10-11H,1-2H3. The second-order valence-corrected chi connectivity index (χ2v) is 4.33. The summed E-state index contributed by atoms with van der Waals surface area (Å²) in [4.78, 5) is 24.4. The third kappa shape index (κ3) is 2.13. The number of carbonyl (C=O) groups is 2. The van der Waals surface area contributed by atoms with Crippen LogP contribution in [0.2, 0.25) is 5.02 Å².